The molecule has 3 N–H and O–H groups in total. The van der Waals surface area contributed by atoms with E-state index in [9.17, 15) is 4.79 Å². The van der Waals surface area contributed by atoms with E-state index in [1.807, 2.05) is 6.07 Å². The number of hydrogen-bond donors (Lipinski definition) is 1. The topological polar surface area (TPSA) is 61.3 Å². The Hall–Kier alpha value is -1.35. The van der Waals surface area contributed by atoms with Gasteiger partial charge in [-0.2, -0.15) is 0 Å². The van der Waals surface area contributed by atoms with Gasteiger partial charge in [-0.25, -0.2) is 4.79 Å². The number of ether oxygens (including phenoxy) is 1. The van der Waals surface area contributed by atoms with Crippen molar-refractivity contribution in [1.29, 1.82) is 0 Å². The molecule has 1 rings (SSSR count). The first-order valence-corrected chi connectivity index (χ1v) is 2.98. The fraction of sp³-hybridized carbons (Fsp3) is 0.125. The second kappa shape index (κ2) is 4.46. The van der Waals surface area contributed by atoms with E-state index in [2.05, 4.69) is 4.74 Å². The van der Waals surface area contributed by atoms with Crippen LogP contribution in [0.15, 0.2) is 30.3 Å². The van der Waals surface area contributed by atoms with Crippen molar-refractivity contribution in [3.63, 3.8) is 0 Å². The van der Waals surface area contributed by atoms with Crippen molar-refractivity contribution in [3.05, 3.63) is 35.9 Å². The Kier molecular flexibility index (Phi) is 3.92. The Balaban J connectivity index is 0.000001000. The summed E-state index contributed by atoms with van der Waals surface area (Å²) in [5.74, 6) is -0.291. The van der Waals surface area contributed by atoms with E-state index >= 15 is 0 Å². The fourth-order valence-electron chi connectivity index (χ4n) is 0.692. The summed E-state index contributed by atoms with van der Waals surface area (Å²) in [7, 11) is 1.37. The molecule has 0 unspecified atom stereocenters. The van der Waals surface area contributed by atoms with Crippen LogP contribution in [0.3, 0.4) is 0 Å². The van der Waals surface area contributed by atoms with Crippen LogP contribution in [0, 0.1) is 0 Å². The Morgan fingerprint density at radius 2 is 1.82 bits per heavy atom. The molecule has 0 fully saturated rings. The van der Waals surface area contributed by atoms with Crippen LogP contribution < -0.4 is 6.15 Å². The summed E-state index contributed by atoms with van der Waals surface area (Å²) in [6.45, 7) is 0. The van der Waals surface area contributed by atoms with Crippen molar-refractivity contribution in [3.8, 4) is 0 Å². The largest absolute Gasteiger partial charge is 0.465 e. The molecule has 0 aliphatic rings. The van der Waals surface area contributed by atoms with Crippen LogP contribution >= 0.6 is 0 Å². The van der Waals surface area contributed by atoms with Crippen molar-refractivity contribution >= 4 is 5.97 Å². The summed E-state index contributed by atoms with van der Waals surface area (Å²) >= 11 is 0. The molecule has 0 spiro atoms. The van der Waals surface area contributed by atoms with Gasteiger partial charge in [-0.3, -0.25) is 0 Å². The molecule has 3 nitrogen and oxygen atoms in total. The first-order valence-electron chi connectivity index (χ1n) is 2.98. The van der Waals surface area contributed by atoms with Crippen molar-refractivity contribution in [2.45, 2.75) is 0 Å². The third kappa shape index (κ3) is 2.39. The second-order valence-electron chi connectivity index (χ2n) is 1.86. The van der Waals surface area contributed by atoms with Gasteiger partial charge in [-0.15, -0.1) is 0 Å². The van der Waals surface area contributed by atoms with Gasteiger partial charge < -0.3 is 10.9 Å². The number of rotatable bonds is 1. The average molecular weight is 153 g/mol. The highest BCUT2D eigenvalue weighted by atomic mass is 16.5. The molecule has 3 heteroatoms. The monoisotopic (exact) mass is 153 g/mol. The maximum absolute atomic E-state index is 10.8. The lowest BCUT2D eigenvalue weighted by Crippen LogP contribution is -1.99. The zero-order valence-electron chi connectivity index (χ0n) is 6.41. The van der Waals surface area contributed by atoms with Crippen molar-refractivity contribution in [1.82, 2.24) is 6.15 Å². The average Bonchev–Trinajstić information content (AvgIpc) is 2.05. The van der Waals surface area contributed by atoms with Crippen LogP contribution in [0.4, 0.5) is 0 Å². The summed E-state index contributed by atoms with van der Waals surface area (Å²) in [6, 6.07) is 8.88. The molecule has 0 heterocycles. The zero-order valence-corrected chi connectivity index (χ0v) is 6.41. The van der Waals surface area contributed by atoms with Gasteiger partial charge in [0.2, 0.25) is 0 Å². The number of carbonyl (C=O) groups excluding carboxylic acids is 1. The summed E-state index contributed by atoms with van der Waals surface area (Å²) < 4.78 is 4.50. The second-order valence-corrected chi connectivity index (χ2v) is 1.86. The first kappa shape index (κ1) is 9.65. The molecular weight excluding hydrogens is 142 g/mol. The zero-order chi connectivity index (χ0) is 7.40. The third-order valence-electron chi connectivity index (χ3n) is 1.19. The van der Waals surface area contributed by atoms with Gasteiger partial charge >= 0.3 is 5.97 Å². The minimum Gasteiger partial charge on any atom is -0.465 e. The number of hydrogen-bond acceptors (Lipinski definition) is 3. The molecule has 1 aromatic carbocycles. The van der Waals surface area contributed by atoms with Gasteiger partial charge in [-0.05, 0) is 12.1 Å². The molecular formula is C8H11NO2. The molecule has 1 aromatic rings. The molecule has 0 atom stereocenters. The van der Waals surface area contributed by atoms with Gasteiger partial charge in [0.1, 0.15) is 0 Å². The number of benzene rings is 1. The Bertz CT molecular complexity index is 221. The predicted octanol–water partition coefficient (Wildman–Crippen LogP) is 1.64. The molecule has 0 aromatic heterocycles. The normalized spacial score (nSPS) is 8.09. The quantitative estimate of drug-likeness (QED) is 0.624. The van der Waals surface area contributed by atoms with E-state index in [-0.39, 0.29) is 12.1 Å². The predicted molar refractivity (Wildman–Crippen MR) is 42.8 cm³/mol. The molecule has 0 aliphatic carbocycles. The van der Waals surface area contributed by atoms with Gasteiger partial charge in [0.05, 0.1) is 12.7 Å². The van der Waals surface area contributed by atoms with E-state index < -0.39 is 0 Å². The molecule has 0 bridgehead atoms. The Morgan fingerprint density at radius 3 is 2.27 bits per heavy atom. The lowest BCUT2D eigenvalue weighted by Gasteiger charge is -1.95. The van der Waals surface area contributed by atoms with Crippen LogP contribution in [0.25, 0.3) is 0 Å². The minimum atomic E-state index is -0.291. The highest BCUT2D eigenvalue weighted by Gasteiger charge is 2.00. The smallest absolute Gasteiger partial charge is 0.337 e. The van der Waals surface area contributed by atoms with Gasteiger partial charge in [0, 0.05) is 0 Å². The number of methoxy groups -OCH3 is 1. The lowest BCUT2D eigenvalue weighted by molar-refractivity contribution is 0.0601. The fourth-order valence-corrected chi connectivity index (χ4v) is 0.692. The molecule has 60 valence electrons. The van der Waals surface area contributed by atoms with E-state index in [1.54, 1.807) is 24.3 Å². The van der Waals surface area contributed by atoms with Crippen LogP contribution in [-0.4, -0.2) is 13.1 Å². The molecule has 0 radical (unpaired) electrons. The van der Waals surface area contributed by atoms with Gasteiger partial charge in [-0.1, -0.05) is 18.2 Å². The molecule has 0 amide bonds. The van der Waals surface area contributed by atoms with Crippen LogP contribution in [0.5, 0.6) is 0 Å². The van der Waals surface area contributed by atoms with Crippen molar-refractivity contribution < 1.29 is 9.53 Å². The third-order valence-corrected chi connectivity index (χ3v) is 1.19. The van der Waals surface area contributed by atoms with Gasteiger partial charge in [0.25, 0.3) is 0 Å². The number of carbonyl (C=O) groups is 1. The van der Waals surface area contributed by atoms with E-state index in [1.165, 1.54) is 7.11 Å². The van der Waals surface area contributed by atoms with E-state index in [4.69, 9.17) is 0 Å². The molecule has 0 saturated carbocycles. The van der Waals surface area contributed by atoms with Crippen molar-refractivity contribution in [2.24, 2.45) is 0 Å². The van der Waals surface area contributed by atoms with Crippen molar-refractivity contribution in [2.75, 3.05) is 7.11 Å². The summed E-state index contributed by atoms with van der Waals surface area (Å²) in [6.07, 6.45) is 0. The van der Waals surface area contributed by atoms with E-state index in [0.29, 0.717) is 5.56 Å². The Morgan fingerprint density at radius 1 is 1.27 bits per heavy atom. The van der Waals surface area contributed by atoms with Crippen LogP contribution in [-0.2, 0) is 4.74 Å². The van der Waals surface area contributed by atoms with E-state index in [0.717, 1.165) is 0 Å². The molecule has 0 aliphatic heterocycles. The summed E-state index contributed by atoms with van der Waals surface area (Å²) in [5.41, 5.74) is 0.588. The first-order chi connectivity index (χ1) is 4.84. The highest BCUT2D eigenvalue weighted by molar-refractivity contribution is 5.89. The SMILES string of the molecule is COC(=O)c1ccccc1.N. The van der Waals surface area contributed by atoms with Crippen LogP contribution in [0.2, 0.25) is 0 Å². The minimum absolute atomic E-state index is 0. The number of esters is 1. The Labute approximate surface area is 65.6 Å². The van der Waals surface area contributed by atoms with Gasteiger partial charge in [0.15, 0.2) is 0 Å². The maximum atomic E-state index is 10.8. The maximum Gasteiger partial charge on any atom is 0.337 e. The molecule has 11 heavy (non-hydrogen) atoms. The molecule has 0 saturated heterocycles. The summed E-state index contributed by atoms with van der Waals surface area (Å²) in [4.78, 5) is 10.8. The lowest BCUT2D eigenvalue weighted by atomic mass is 10.2. The highest BCUT2D eigenvalue weighted by Crippen LogP contribution is 1.98. The van der Waals surface area contributed by atoms with Crippen LogP contribution in [0.1, 0.15) is 10.4 Å². The summed E-state index contributed by atoms with van der Waals surface area (Å²) in [5, 5.41) is 0. The standard InChI is InChI=1S/C8H8O2.H3N/c1-10-8(9)7-5-3-2-4-6-7;/h2-6H,1H3;1H3.